The smallest absolute Gasteiger partial charge is 0.341 e. The zero-order valence-electron chi connectivity index (χ0n) is 13.0. The van der Waals surface area contributed by atoms with Gasteiger partial charge in [0.25, 0.3) is 5.91 Å². The maximum Gasteiger partial charge on any atom is 0.341 e. The molecule has 132 valence electrons. The second kappa shape index (κ2) is 7.13. The van der Waals surface area contributed by atoms with Crippen molar-refractivity contribution in [2.24, 2.45) is 0 Å². The van der Waals surface area contributed by atoms with Gasteiger partial charge in [0.1, 0.15) is 0 Å². The highest BCUT2D eigenvalue weighted by Crippen LogP contribution is 2.35. The van der Waals surface area contributed by atoms with Gasteiger partial charge in [-0.2, -0.15) is 8.78 Å². The number of carbonyl (C=O) groups is 1. The molecular weight excluding hydrogens is 368 g/mol. The Kier molecular flexibility index (Phi) is 5.10. The Balaban J connectivity index is 1.77. The highest BCUT2D eigenvalue weighted by atomic mass is 32.2. The molecule has 1 aliphatic rings. The van der Waals surface area contributed by atoms with Crippen LogP contribution in [0, 0.1) is 0 Å². The van der Waals surface area contributed by atoms with Crippen molar-refractivity contribution >= 4 is 27.5 Å². The highest BCUT2D eigenvalue weighted by molar-refractivity contribution is 7.99. The summed E-state index contributed by atoms with van der Waals surface area (Å²) in [5.41, 5.74) is 1.27. The van der Waals surface area contributed by atoms with Gasteiger partial charge in [-0.25, -0.2) is 8.42 Å². The molecule has 0 aromatic heterocycles. The third-order valence-corrected chi connectivity index (χ3v) is 6.46. The summed E-state index contributed by atoms with van der Waals surface area (Å²) in [6.07, 6.45) is 0.783. The molecule has 1 aliphatic heterocycles. The van der Waals surface area contributed by atoms with Crippen molar-refractivity contribution in [3.05, 3.63) is 59.7 Å². The largest absolute Gasteiger partial charge is 0.345 e. The predicted octanol–water partition coefficient (Wildman–Crippen LogP) is 3.65. The van der Waals surface area contributed by atoms with Gasteiger partial charge in [-0.1, -0.05) is 18.2 Å². The van der Waals surface area contributed by atoms with Crippen LogP contribution in [0.2, 0.25) is 0 Å². The van der Waals surface area contributed by atoms with Crippen LogP contribution in [0.1, 0.15) is 28.4 Å². The van der Waals surface area contributed by atoms with Crippen molar-refractivity contribution in [2.45, 2.75) is 28.0 Å². The number of hydrogen-bond donors (Lipinski definition) is 1. The molecule has 0 fully saturated rings. The lowest BCUT2D eigenvalue weighted by atomic mass is 10.0. The number of hydrogen-bond acceptors (Lipinski definition) is 4. The van der Waals surface area contributed by atoms with Crippen molar-refractivity contribution in [2.75, 3.05) is 5.75 Å². The van der Waals surface area contributed by atoms with Crippen LogP contribution in [0.4, 0.5) is 8.78 Å². The van der Waals surface area contributed by atoms with Crippen molar-refractivity contribution in [1.29, 1.82) is 0 Å². The van der Waals surface area contributed by atoms with Crippen LogP contribution in [0.5, 0.6) is 0 Å². The summed E-state index contributed by atoms with van der Waals surface area (Å²) in [7, 11) is -4.65. The van der Waals surface area contributed by atoms with Gasteiger partial charge in [0, 0.05) is 16.2 Å². The summed E-state index contributed by atoms with van der Waals surface area (Å²) in [5, 5.41) is 2.92. The van der Waals surface area contributed by atoms with Crippen LogP contribution in [-0.2, 0) is 9.84 Å². The number of amides is 1. The molecule has 2 aromatic rings. The first-order valence-electron chi connectivity index (χ1n) is 7.54. The Labute approximate surface area is 148 Å². The zero-order chi connectivity index (χ0) is 18.0. The number of fused-ring (bicyclic) bond motifs is 1. The second-order valence-electron chi connectivity index (χ2n) is 5.53. The molecule has 3 rings (SSSR count). The van der Waals surface area contributed by atoms with E-state index < -0.39 is 20.5 Å². The van der Waals surface area contributed by atoms with E-state index in [2.05, 4.69) is 5.32 Å². The normalized spacial score (nSPS) is 17.2. The topological polar surface area (TPSA) is 63.2 Å². The van der Waals surface area contributed by atoms with Crippen LogP contribution in [0.3, 0.4) is 0 Å². The molecule has 0 spiro atoms. The molecule has 0 radical (unpaired) electrons. The summed E-state index contributed by atoms with van der Waals surface area (Å²) < 4.78 is 47.9. The van der Waals surface area contributed by atoms with E-state index in [9.17, 15) is 22.0 Å². The van der Waals surface area contributed by atoms with E-state index >= 15 is 0 Å². The number of sulfone groups is 1. The van der Waals surface area contributed by atoms with Gasteiger partial charge in [-0.05, 0) is 42.3 Å². The van der Waals surface area contributed by atoms with Gasteiger partial charge in [-0.3, -0.25) is 4.79 Å². The fraction of sp³-hybridized carbons (Fsp3) is 0.235. The maximum absolute atomic E-state index is 12.5. The van der Waals surface area contributed by atoms with E-state index in [0.717, 1.165) is 34.8 Å². The van der Waals surface area contributed by atoms with Crippen LogP contribution in [0.15, 0.2) is 58.3 Å². The quantitative estimate of drug-likeness (QED) is 0.875. The number of rotatable bonds is 4. The van der Waals surface area contributed by atoms with Crippen molar-refractivity contribution in [3.8, 4) is 0 Å². The lowest BCUT2D eigenvalue weighted by Gasteiger charge is -2.25. The summed E-state index contributed by atoms with van der Waals surface area (Å²) in [6.45, 7) is 0. The van der Waals surface area contributed by atoms with E-state index in [4.69, 9.17) is 0 Å². The zero-order valence-corrected chi connectivity index (χ0v) is 14.6. The van der Waals surface area contributed by atoms with E-state index in [1.165, 1.54) is 12.1 Å². The molecule has 25 heavy (non-hydrogen) atoms. The Morgan fingerprint density at radius 1 is 1.12 bits per heavy atom. The predicted molar refractivity (Wildman–Crippen MR) is 91.6 cm³/mol. The molecule has 8 heteroatoms. The van der Waals surface area contributed by atoms with Gasteiger partial charge >= 0.3 is 5.76 Å². The SMILES string of the molecule is O=C(N[C@H]1CCSc2ccccc21)c1ccc(S(=O)(=O)C(F)F)cc1. The Morgan fingerprint density at radius 2 is 1.80 bits per heavy atom. The first-order chi connectivity index (χ1) is 11.9. The molecular formula is C17H15F2NO3S2. The molecule has 0 aliphatic carbocycles. The van der Waals surface area contributed by atoms with Gasteiger partial charge in [0.2, 0.25) is 9.84 Å². The molecule has 1 amide bonds. The molecule has 4 nitrogen and oxygen atoms in total. The molecule has 0 saturated carbocycles. The standard InChI is InChI=1S/C17H15F2NO3S2/c18-17(19)25(22,23)12-7-5-11(6-8-12)16(21)20-14-9-10-24-15-4-2-1-3-13(14)15/h1-8,14,17H,9-10H2,(H,20,21)/t14-/m0/s1. The summed E-state index contributed by atoms with van der Waals surface area (Å²) in [6, 6.07) is 12.2. The number of nitrogens with one attached hydrogen (secondary N) is 1. The molecule has 1 N–H and O–H groups in total. The second-order valence-corrected chi connectivity index (χ2v) is 8.59. The fourth-order valence-electron chi connectivity index (χ4n) is 2.63. The highest BCUT2D eigenvalue weighted by Gasteiger charge is 2.27. The molecule has 1 heterocycles. The fourth-order valence-corrected chi connectivity index (χ4v) is 4.48. The van der Waals surface area contributed by atoms with Gasteiger partial charge in [0.05, 0.1) is 10.9 Å². The maximum atomic E-state index is 12.5. The van der Waals surface area contributed by atoms with Crippen LogP contribution in [-0.4, -0.2) is 25.8 Å². The van der Waals surface area contributed by atoms with Crippen LogP contribution < -0.4 is 5.32 Å². The lowest BCUT2D eigenvalue weighted by Crippen LogP contribution is -2.30. The first-order valence-corrected chi connectivity index (χ1v) is 10.1. The molecule has 1 atom stereocenters. The minimum atomic E-state index is -4.65. The van der Waals surface area contributed by atoms with E-state index in [-0.39, 0.29) is 17.5 Å². The molecule has 0 bridgehead atoms. The molecule has 2 aromatic carbocycles. The van der Waals surface area contributed by atoms with Crippen molar-refractivity contribution < 1.29 is 22.0 Å². The Hall–Kier alpha value is -1.93. The average molecular weight is 383 g/mol. The summed E-state index contributed by atoms with van der Waals surface area (Å²) in [5.74, 6) is -2.97. The van der Waals surface area contributed by atoms with Crippen molar-refractivity contribution in [3.63, 3.8) is 0 Å². The van der Waals surface area contributed by atoms with Gasteiger partial charge in [0.15, 0.2) is 0 Å². The molecule has 0 unspecified atom stereocenters. The van der Waals surface area contributed by atoms with E-state index in [1.54, 1.807) is 11.8 Å². The van der Waals surface area contributed by atoms with Crippen LogP contribution >= 0.6 is 11.8 Å². The number of thioether (sulfide) groups is 1. The monoisotopic (exact) mass is 383 g/mol. The number of benzene rings is 2. The van der Waals surface area contributed by atoms with Crippen molar-refractivity contribution in [1.82, 2.24) is 5.32 Å². The van der Waals surface area contributed by atoms with Gasteiger partial charge < -0.3 is 5.32 Å². The Morgan fingerprint density at radius 3 is 2.48 bits per heavy atom. The summed E-state index contributed by atoms with van der Waals surface area (Å²) in [4.78, 5) is 13.0. The Bertz CT molecular complexity index is 883. The third-order valence-electron chi connectivity index (χ3n) is 3.94. The number of alkyl halides is 2. The minimum absolute atomic E-state index is 0.130. The lowest BCUT2D eigenvalue weighted by molar-refractivity contribution is 0.0935. The first kappa shape index (κ1) is 17.9. The van der Waals surface area contributed by atoms with E-state index in [1.807, 2.05) is 24.3 Å². The van der Waals surface area contributed by atoms with E-state index in [0.29, 0.717) is 0 Å². The average Bonchev–Trinajstić information content (AvgIpc) is 2.62. The number of carbonyl (C=O) groups excluding carboxylic acids is 1. The number of halogens is 2. The molecule has 0 saturated heterocycles. The minimum Gasteiger partial charge on any atom is -0.345 e. The third kappa shape index (κ3) is 3.69. The summed E-state index contributed by atoms with van der Waals surface area (Å²) >= 11 is 1.73. The van der Waals surface area contributed by atoms with Crippen LogP contribution in [0.25, 0.3) is 0 Å². The van der Waals surface area contributed by atoms with Gasteiger partial charge in [-0.15, -0.1) is 11.8 Å².